The molecule has 160 valence electrons. The van der Waals surface area contributed by atoms with Crippen molar-refractivity contribution in [2.45, 2.75) is 51.5 Å². The molecule has 0 aromatic heterocycles. The Balaban J connectivity index is 1.39. The number of ether oxygens (including phenoxy) is 1. The lowest BCUT2D eigenvalue weighted by atomic mass is 9.96. The molecule has 1 saturated carbocycles. The molecule has 3 rings (SSSR count). The molecule has 0 unspecified atom stereocenters. The number of urea groups is 1. The van der Waals surface area contributed by atoms with Crippen molar-refractivity contribution in [1.29, 1.82) is 0 Å². The first-order valence-corrected chi connectivity index (χ1v) is 10.1. The predicted molar refractivity (Wildman–Crippen MR) is 106 cm³/mol. The highest BCUT2D eigenvalue weighted by Crippen LogP contribution is 2.24. The predicted octanol–water partition coefficient (Wildman–Crippen LogP) is 1.68. The molecule has 0 saturated heterocycles. The van der Waals surface area contributed by atoms with E-state index in [1.54, 1.807) is 18.2 Å². The number of carbonyl (C=O) groups is 5. The van der Waals surface area contributed by atoms with Crippen molar-refractivity contribution in [3.05, 3.63) is 34.9 Å². The number of nitrogens with zero attached hydrogens (tertiary/aromatic N) is 1. The van der Waals surface area contributed by atoms with E-state index >= 15 is 0 Å². The number of esters is 1. The number of carbonyl (C=O) groups excluding carboxylic acids is 5. The van der Waals surface area contributed by atoms with Crippen molar-refractivity contribution >= 4 is 29.7 Å². The van der Waals surface area contributed by atoms with E-state index in [4.69, 9.17) is 4.74 Å². The van der Waals surface area contributed by atoms with E-state index in [1.807, 2.05) is 6.92 Å². The fraction of sp³-hybridized carbons (Fsp3) is 0.476. The summed E-state index contributed by atoms with van der Waals surface area (Å²) in [6, 6.07) is 4.41. The molecule has 0 atom stereocenters. The van der Waals surface area contributed by atoms with Crippen molar-refractivity contribution < 1.29 is 28.7 Å². The molecular formula is C21H25N3O6. The summed E-state index contributed by atoms with van der Waals surface area (Å²) in [6.45, 7) is 1.06. The second-order valence-electron chi connectivity index (χ2n) is 7.58. The van der Waals surface area contributed by atoms with Gasteiger partial charge in [0.2, 0.25) is 0 Å². The second kappa shape index (κ2) is 9.51. The van der Waals surface area contributed by atoms with Gasteiger partial charge < -0.3 is 10.1 Å². The topological polar surface area (TPSA) is 122 Å². The Morgan fingerprint density at radius 1 is 1.07 bits per heavy atom. The second-order valence-corrected chi connectivity index (χ2v) is 7.58. The lowest BCUT2D eigenvalue weighted by Crippen LogP contribution is -2.46. The zero-order chi connectivity index (χ0) is 21.7. The van der Waals surface area contributed by atoms with Crippen molar-refractivity contribution in [1.82, 2.24) is 15.5 Å². The molecule has 2 aliphatic rings. The molecule has 0 spiro atoms. The third-order valence-corrected chi connectivity index (χ3v) is 5.22. The highest BCUT2D eigenvalue weighted by Gasteiger charge is 2.35. The highest BCUT2D eigenvalue weighted by molar-refractivity contribution is 6.21. The molecule has 30 heavy (non-hydrogen) atoms. The van der Waals surface area contributed by atoms with E-state index < -0.39 is 36.3 Å². The average Bonchev–Trinajstić information content (AvgIpc) is 2.95. The van der Waals surface area contributed by atoms with Gasteiger partial charge in [0, 0.05) is 12.6 Å². The first-order chi connectivity index (χ1) is 14.3. The maximum atomic E-state index is 12.4. The van der Waals surface area contributed by atoms with Gasteiger partial charge in [-0.1, -0.05) is 30.9 Å². The van der Waals surface area contributed by atoms with Crippen LogP contribution in [0, 0.1) is 6.92 Å². The first kappa shape index (κ1) is 21.5. The van der Waals surface area contributed by atoms with Crippen molar-refractivity contribution in [3.63, 3.8) is 0 Å². The van der Waals surface area contributed by atoms with Crippen LogP contribution < -0.4 is 10.6 Å². The van der Waals surface area contributed by atoms with Crippen LogP contribution in [-0.2, 0) is 14.3 Å². The van der Waals surface area contributed by atoms with Crippen LogP contribution >= 0.6 is 0 Å². The van der Waals surface area contributed by atoms with Crippen molar-refractivity contribution in [3.8, 4) is 0 Å². The maximum absolute atomic E-state index is 12.4. The standard InChI is InChI=1S/C21H25N3O6/c1-13-7-8-15-16(11-13)20(28)24(19(15)27)10-9-18(26)30-12-17(25)23-21(29)22-14-5-3-2-4-6-14/h7-8,11,14H,2-6,9-10,12H2,1H3,(H2,22,23,25,29). The first-order valence-electron chi connectivity index (χ1n) is 10.1. The normalized spacial score (nSPS) is 16.2. The van der Waals surface area contributed by atoms with Gasteiger partial charge in [-0.2, -0.15) is 0 Å². The Morgan fingerprint density at radius 2 is 1.77 bits per heavy atom. The summed E-state index contributed by atoms with van der Waals surface area (Å²) in [5, 5.41) is 4.86. The maximum Gasteiger partial charge on any atom is 0.321 e. The number of imide groups is 2. The van der Waals surface area contributed by atoms with Gasteiger partial charge in [-0.05, 0) is 31.9 Å². The lowest BCUT2D eigenvalue weighted by molar-refractivity contribution is -0.148. The van der Waals surface area contributed by atoms with Gasteiger partial charge in [0.05, 0.1) is 17.5 Å². The summed E-state index contributed by atoms with van der Waals surface area (Å²) < 4.78 is 4.84. The van der Waals surface area contributed by atoms with Crippen molar-refractivity contribution in [2.24, 2.45) is 0 Å². The minimum atomic E-state index is -0.745. The number of hydrogen-bond donors (Lipinski definition) is 2. The third-order valence-electron chi connectivity index (χ3n) is 5.22. The summed E-state index contributed by atoms with van der Waals surface area (Å²) >= 11 is 0. The van der Waals surface area contributed by atoms with Gasteiger partial charge in [0.25, 0.3) is 17.7 Å². The number of amides is 5. The Labute approximate surface area is 174 Å². The van der Waals surface area contributed by atoms with Gasteiger partial charge in [0.1, 0.15) is 0 Å². The Morgan fingerprint density at radius 3 is 2.50 bits per heavy atom. The summed E-state index contributed by atoms with van der Waals surface area (Å²) in [5.74, 6) is -2.40. The number of nitrogens with one attached hydrogen (secondary N) is 2. The average molecular weight is 415 g/mol. The van der Waals surface area contributed by atoms with Crippen LogP contribution in [0.5, 0.6) is 0 Å². The minimum Gasteiger partial charge on any atom is -0.456 e. The van der Waals surface area contributed by atoms with Crippen LogP contribution in [0.2, 0.25) is 0 Å². The molecule has 9 heteroatoms. The highest BCUT2D eigenvalue weighted by atomic mass is 16.5. The van der Waals surface area contributed by atoms with E-state index in [-0.39, 0.29) is 19.0 Å². The largest absolute Gasteiger partial charge is 0.456 e. The molecule has 1 heterocycles. The molecular weight excluding hydrogens is 390 g/mol. The molecule has 0 bridgehead atoms. The van der Waals surface area contributed by atoms with Crippen LogP contribution in [0.25, 0.3) is 0 Å². The Kier molecular flexibility index (Phi) is 6.81. The monoisotopic (exact) mass is 415 g/mol. The summed E-state index contributed by atoms with van der Waals surface area (Å²) in [5.41, 5.74) is 1.48. The zero-order valence-corrected chi connectivity index (χ0v) is 16.9. The molecule has 1 fully saturated rings. The number of benzene rings is 1. The van der Waals surface area contributed by atoms with Crippen LogP contribution in [0.4, 0.5) is 4.79 Å². The molecule has 9 nitrogen and oxygen atoms in total. The Bertz CT molecular complexity index is 875. The number of hydrogen-bond acceptors (Lipinski definition) is 6. The molecule has 1 aliphatic carbocycles. The van der Waals surface area contributed by atoms with Crippen LogP contribution in [0.3, 0.4) is 0 Å². The van der Waals surface area contributed by atoms with Gasteiger partial charge in [0.15, 0.2) is 6.61 Å². The number of aryl methyl sites for hydroxylation is 1. The van der Waals surface area contributed by atoms with E-state index in [0.29, 0.717) is 11.1 Å². The van der Waals surface area contributed by atoms with Gasteiger partial charge >= 0.3 is 12.0 Å². The fourth-order valence-electron chi connectivity index (χ4n) is 3.66. The van der Waals surface area contributed by atoms with Crippen LogP contribution in [0.15, 0.2) is 18.2 Å². The molecule has 5 amide bonds. The minimum absolute atomic E-state index is 0.0533. The Hall–Kier alpha value is -3.23. The SMILES string of the molecule is Cc1ccc2c(c1)C(=O)N(CCC(=O)OCC(=O)NC(=O)NC1CCCCC1)C2=O. The smallest absolute Gasteiger partial charge is 0.321 e. The quantitative estimate of drug-likeness (QED) is 0.539. The van der Waals surface area contributed by atoms with E-state index in [2.05, 4.69) is 10.6 Å². The fourth-order valence-corrected chi connectivity index (χ4v) is 3.66. The molecule has 0 radical (unpaired) electrons. The molecule has 1 aromatic carbocycles. The summed E-state index contributed by atoms with van der Waals surface area (Å²) in [7, 11) is 0. The molecule has 1 aliphatic heterocycles. The number of fused-ring (bicyclic) bond motifs is 1. The summed E-state index contributed by atoms with van der Waals surface area (Å²) in [6.07, 6.45) is 4.76. The molecule has 2 N–H and O–H groups in total. The summed E-state index contributed by atoms with van der Waals surface area (Å²) in [4.78, 5) is 61.2. The van der Waals surface area contributed by atoms with E-state index in [1.165, 1.54) is 0 Å². The van der Waals surface area contributed by atoms with Crippen molar-refractivity contribution in [2.75, 3.05) is 13.2 Å². The third kappa shape index (κ3) is 5.22. The number of rotatable bonds is 6. The van der Waals surface area contributed by atoms with Crippen LogP contribution in [-0.4, -0.2) is 53.8 Å². The van der Waals surface area contributed by atoms with E-state index in [0.717, 1.165) is 42.6 Å². The van der Waals surface area contributed by atoms with Crippen LogP contribution in [0.1, 0.15) is 64.8 Å². The lowest BCUT2D eigenvalue weighted by Gasteiger charge is -2.22. The zero-order valence-electron chi connectivity index (χ0n) is 16.9. The molecule has 1 aromatic rings. The van der Waals surface area contributed by atoms with E-state index in [9.17, 15) is 24.0 Å². The van der Waals surface area contributed by atoms with Gasteiger partial charge in [-0.3, -0.25) is 29.4 Å². The van der Waals surface area contributed by atoms with Gasteiger partial charge in [-0.25, -0.2) is 4.79 Å². The van der Waals surface area contributed by atoms with Gasteiger partial charge in [-0.15, -0.1) is 0 Å².